The van der Waals surface area contributed by atoms with Crippen LogP contribution in [-0.2, 0) is 4.74 Å². The van der Waals surface area contributed by atoms with Gasteiger partial charge in [-0.25, -0.2) is 0 Å². The van der Waals surface area contributed by atoms with Crippen molar-refractivity contribution in [3.63, 3.8) is 0 Å². The summed E-state index contributed by atoms with van der Waals surface area (Å²) < 4.78 is 5.16. The van der Waals surface area contributed by atoms with Gasteiger partial charge in [-0.05, 0) is 26.2 Å². The van der Waals surface area contributed by atoms with E-state index in [1.54, 1.807) is 7.11 Å². The van der Waals surface area contributed by atoms with Crippen molar-refractivity contribution in [1.29, 1.82) is 0 Å². The van der Waals surface area contributed by atoms with E-state index >= 15 is 0 Å². The number of ether oxygens (including phenoxy) is 1. The van der Waals surface area contributed by atoms with E-state index in [1.807, 2.05) is 0 Å². The Morgan fingerprint density at radius 2 is 1.88 bits per heavy atom. The normalized spacial score (nSPS) is 30.5. The van der Waals surface area contributed by atoms with E-state index in [4.69, 9.17) is 9.73 Å². The van der Waals surface area contributed by atoms with Gasteiger partial charge in [-0.1, -0.05) is 0 Å². The van der Waals surface area contributed by atoms with Crippen LogP contribution in [0.25, 0.3) is 0 Å². The molecule has 4 saturated heterocycles. The van der Waals surface area contributed by atoms with Crippen LogP contribution in [0, 0.1) is 0 Å². The highest BCUT2D eigenvalue weighted by Crippen LogP contribution is 2.16. The molecule has 4 aliphatic rings. The van der Waals surface area contributed by atoms with Gasteiger partial charge in [0, 0.05) is 84.7 Å². The number of guanidine groups is 1. The lowest BCUT2D eigenvalue weighted by Crippen LogP contribution is -2.62. The fraction of sp³-hybridized carbons (Fsp3) is 0.947. The maximum absolute atomic E-state index is 5.16. The summed E-state index contributed by atoms with van der Waals surface area (Å²) in [5.41, 5.74) is 0. The molecule has 0 radical (unpaired) electrons. The van der Waals surface area contributed by atoms with Crippen LogP contribution in [0.4, 0.5) is 0 Å². The molecule has 4 heterocycles. The van der Waals surface area contributed by atoms with Crippen molar-refractivity contribution < 1.29 is 4.74 Å². The number of fused-ring (bicyclic) bond motifs is 3. The zero-order valence-corrected chi connectivity index (χ0v) is 16.8. The van der Waals surface area contributed by atoms with Crippen molar-refractivity contribution in [1.82, 2.24) is 25.3 Å². The van der Waals surface area contributed by atoms with Gasteiger partial charge < -0.3 is 20.3 Å². The Bertz CT molecular complexity index is 430. The first-order valence-electron chi connectivity index (χ1n) is 10.5. The van der Waals surface area contributed by atoms with Gasteiger partial charge in [0.15, 0.2) is 5.96 Å². The third-order valence-electron chi connectivity index (χ3n) is 5.95. The fourth-order valence-corrected chi connectivity index (χ4v) is 4.34. The Kier molecular flexibility index (Phi) is 7.98. The van der Waals surface area contributed by atoms with Gasteiger partial charge in [0.1, 0.15) is 0 Å². The second-order valence-corrected chi connectivity index (χ2v) is 7.82. The molecule has 0 amide bonds. The van der Waals surface area contributed by atoms with Crippen molar-refractivity contribution in [3.8, 4) is 0 Å². The molecule has 2 bridgehead atoms. The molecule has 4 aliphatic heterocycles. The third kappa shape index (κ3) is 5.81. The van der Waals surface area contributed by atoms with E-state index < -0.39 is 0 Å². The van der Waals surface area contributed by atoms with Crippen LogP contribution in [-0.4, -0.2) is 112 Å². The SMILES string of the molecule is CCNC(=NCC1CN2CCN1CC2)NC1CCN(CCCOC)CC1. The topological polar surface area (TPSA) is 55.4 Å². The number of rotatable bonds is 8. The number of hydrogen-bond donors (Lipinski definition) is 2. The minimum absolute atomic E-state index is 0.540. The van der Waals surface area contributed by atoms with Crippen molar-refractivity contribution in [2.75, 3.05) is 79.2 Å². The third-order valence-corrected chi connectivity index (χ3v) is 5.95. The summed E-state index contributed by atoms with van der Waals surface area (Å²) in [6.07, 6.45) is 3.52. The zero-order valence-electron chi connectivity index (χ0n) is 16.8. The highest BCUT2D eigenvalue weighted by atomic mass is 16.5. The first kappa shape index (κ1) is 19.9. The number of piperidine rings is 1. The molecular formula is C19H38N6O. The van der Waals surface area contributed by atoms with Crippen LogP contribution in [0.5, 0.6) is 0 Å². The first-order valence-corrected chi connectivity index (χ1v) is 10.5. The van der Waals surface area contributed by atoms with Crippen molar-refractivity contribution in [2.24, 2.45) is 4.99 Å². The predicted molar refractivity (Wildman–Crippen MR) is 107 cm³/mol. The molecular weight excluding hydrogens is 328 g/mol. The molecule has 150 valence electrons. The summed E-state index contributed by atoms with van der Waals surface area (Å²) in [5.74, 6) is 1.00. The largest absolute Gasteiger partial charge is 0.385 e. The highest BCUT2D eigenvalue weighted by Gasteiger charge is 2.31. The number of methoxy groups -OCH3 is 1. The Labute approximate surface area is 159 Å². The average molecular weight is 367 g/mol. The molecule has 0 aromatic heterocycles. The second kappa shape index (κ2) is 10.4. The van der Waals surface area contributed by atoms with E-state index in [1.165, 1.54) is 58.7 Å². The molecule has 1 atom stereocenters. The lowest BCUT2D eigenvalue weighted by Gasteiger charge is -2.47. The maximum atomic E-state index is 5.16. The maximum Gasteiger partial charge on any atom is 0.191 e. The van der Waals surface area contributed by atoms with Gasteiger partial charge >= 0.3 is 0 Å². The van der Waals surface area contributed by atoms with E-state index in [2.05, 4.69) is 32.3 Å². The van der Waals surface area contributed by atoms with Gasteiger partial charge in [0.25, 0.3) is 0 Å². The average Bonchev–Trinajstić information content (AvgIpc) is 2.69. The second-order valence-electron chi connectivity index (χ2n) is 7.82. The van der Waals surface area contributed by atoms with Crippen LogP contribution in [0.15, 0.2) is 4.99 Å². The summed E-state index contributed by atoms with van der Waals surface area (Å²) >= 11 is 0. The minimum atomic E-state index is 0.540. The zero-order chi connectivity index (χ0) is 18.2. The van der Waals surface area contributed by atoms with Crippen LogP contribution < -0.4 is 10.6 Å². The van der Waals surface area contributed by atoms with E-state index in [0.717, 1.165) is 38.6 Å². The number of hydrogen-bond acceptors (Lipinski definition) is 5. The van der Waals surface area contributed by atoms with Crippen molar-refractivity contribution in [2.45, 2.75) is 38.3 Å². The molecule has 1 unspecified atom stereocenters. The van der Waals surface area contributed by atoms with Crippen LogP contribution in [0.1, 0.15) is 26.2 Å². The van der Waals surface area contributed by atoms with Crippen molar-refractivity contribution in [3.05, 3.63) is 0 Å². The Hall–Kier alpha value is -0.890. The van der Waals surface area contributed by atoms with Crippen LogP contribution in [0.3, 0.4) is 0 Å². The summed E-state index contributed by atoms with van der Waals surface area (Å²) in [5, 5.41) is 7.13. The molecule has 26 heavy (non-hydrogen) atoms. The predicted octanol–water partition coefficient (Wildman–Crippen LogP) is 0.0422. The monoisotopic (exact) mass is 366 g/mol. The summed E-state index contributed by atoms with van der Waals surface area (Å²) in [6.45, 7) is 14.4. The first-order chi connectivity index (χ1) is 12.8. The molecule has 4 fully saturated rings. The Morgan fingerprint density at radius 1 is 1.12 bits per heavy atom. The minimum Gasteiger partial charge on any atom is -0.385 e. The number of nitrogens with one attached hydrogen (secondary N) is 2. The molecule has 4 rings (SSSR count). The van der Waals surface area contributed by atoms with Gasteiger partial charge in [-0.15, -0.1) is 0 Å². The number of nitrogens with zero attached hydrogens (tertiary/aromatic N) is 4. The number of aliphatic imine (C=N–C) groups is 1. The van der Waals surface area contributed by atoms with Gasteiger partial charge in [0.05, 0.1) is 6.54 Å². The molecule has 0 spiro atoms. The Balaban J connectivity index is 1.42. The smallest absolute Gasteiger partial charge is 0.191 e. The summed E-state index contributed by atoms with van der Waals surface area (Å²) in [4.78, 5) is 12.7. The van der Waals surface area contributed by atoms with Gasteiger partial charge in [-0.2, -0.15) is 0 Å². The lowest BCUT2D eigenvalue weighted by atomic mass is 10.1. The highest BCUT2D eigenvalue weighted by molar-refractivity contribution is 5.80. The van der Waals surface area contributed by atoms with Crippen LogP contribution in [0.2, 0.25) is 0 Å². The molecule has 7 nitrogen and oxygen atoms in total. The molecule has 0 saturated carbocycles. The summed E-state index contributed by atoms with van der Waals surface area (Å²) in [6, 6.07) is 1.13. The molecule has 2 N–H and O–H groups in total. The summed E-state index contributed by atoms with van der Waals surface area (Å²) in [7, 11) is 1.78. The number of likely N-dealkylation sites (tertiary alicyclic amines) is 1. The fourth-order valence-electron chi connectivity index (χ4n) is 4.34. The molecule has 0 aliphatic carbocycles. The molecule has 0 aromatic rings. The quantitative estimate of drug-likeness (QED) is 0.359. The van der Waals surface area contributed by atoms with E-state index in [9.17, 15) is 0 Å². The molecule has 0 aromatic carbocycles. The van der Waals surface area contributed by atoms with Crippen LogP contribution >= 0.6 is 0 Å². The standard InChI is InChI=1S/C19H38N6O/c1-3-20-19(21-15-18-16-24-10-12-25(18)13-11-24)22-17-5-8-23(9-6-17)7-4-14-26-2/h17-18H,3-16H2,1-2H3,(H2,20,21,22). The van der Waals surface area contributed by atoms with Gasteiger partial charge in [-0.3, -0.25) is 14.8 Å². The lowest BCUT2D eigenvalue weighted by molar-refractivity contribution is 0.0174. The van der Waals surface area contributed by atoms with Crippen molar-refractivity contribution >= 4 is 5.96 Å². The van der Waals surface area contributed by atoms with E-state index in [-0.39, 0.29) is 0 Å². The number of piperazine rings is 3. The van der Waals surface area contributed by atoms with Gasteiger partial charge in [0.2, 0.25) is 0 Å². The Morgan fingerprint density at radius 3 is 2.50 bits per heavy atom. The molecule has 7 heteroatoms. The van der Waals surface area contributed by atoms with E-state index in [0.29, 0.717) is 12.1 Å².